The molecular weight excluding hydrogens is 284 g/mol. The van der Waals surface area contributed by atoms with Crippen LogP contribution in [0.4, 0.5) is 5.69 Å². The fourth-order valence-electron chi connectivity index (χ4n) is 1.88. The number of halogens is 1. The predicted octanol–water partition coefficient (Wildman–Crippen LogP) is 2.39. The minimum absolute atomic E-state index is 0.0244. The molecule has 0 aromatic heterocycles. The maximum atomic E-state index is 12.0. The second-order valence-corrected chi connectivity index (χ2v) is 5.25. The van der Waals surface area contributed by atoms with Crippen LogP contribution in [0.1, 0.15) is 30.6 Å². The van der Waals surface area contributed by atoms with Gasteiger partial charge in [0.15, 0.2) is 0 Å². The number of amides is 1. The molecule has 6 nitrogen and oxygen atoms in total. The van der Waals surface area contributed by atoms with E-state index in [1.165, 1.54) is 12.1 Å². The fourth-order valence-corrected chi connectivity index (χ4v) is 2.04. The standard InChI is InChI=1S/C13H17ClN2O4/c1-8(5-9(2)17)7-15-13(18)11-4-3-10(14)6-12(11)16(19)20/h3-4,6,8-9,17H,5,7H2,1-2H3,(H,15,18). The molecule has 7 heteroatoms. The van der Waals surface area contributed by atoms with Crippen molar-refractivity contribution >= 4 is 23.2 Å². The molecule has 110 valence electrons. The number of benzene rings is 1. The number of nitro benzene ring substituents is 1. The molecule has 1 aromatic carbocycles. The maximum Gasteiger partial charge on any atom is 0.283 e. The van der Waals surface area contributed by atoms with Crippen molar-refractivity contribution in [3.8, 4) is 0 Å². The van der Waals surface area contributed by atoms with Crippen molar-refractivity contribution in [1.29, 1.82) is 0 Å². The van der Waals surface area contributed by atoms with Crippen LogP contribution in [-0.4, -0.2) is 28.6 Å². The van der Waals surface area contributed by atoms with Crippen molar-refractivity contribution in [3.63, 3.8) is 0 Å². The van der Waals surface area contributed by atoms with Gasteiger partial charge in [-0.3, -0.25) is 14.9 Å². The number of hydrogen-bond acceptors (Lipinski definition) is 4. The first-order valence-electron chi connectivity index (χ1n) is 6.21. The van der Waals surface area contributed by atoms with Crippen molar-refractivity contribution in [2.24, 2.45) is 5.92 Å². The normalized spacial score (nSPS) is 13.6. The van der Waals surface area contributed by atoms with Crippen molar-refractivity contribution in [1.82, 2.24) is 5.32 Å². The molecule has 0 aliphatic rings. The van der Waals surface area contributed by atoms with Gasteiger partial charge in [-0.15, -0.1) is 0 Å². The molecule has 0 spiro atoms. The van der Waals surface area contributed by atoms with Gasteiger partial charge in [-0.2, -0.15) is 0 Å². The molecule has 2 atom stereocenters. The van der Waals surface area contributed by atoms with Crippen molar-refractivity contribution in [2.45, 2.75) is 26.4 Å². The largest absolute Gasteiger partial charge is 0.393 e. The van der Waals surface area contributed by atoms with Crippen LogP contribution in [0.5, 0.6) is 0 Å². The molecule has 2 unspecified atom stereocenters. The summed E-state index contributed by atoms with van der Waals surface area (Å²) in [7, 11) is 0. The van der Waals surface area contributed by atoms with E-state index in [1.807, 2.05) is 6.92 Å². The topological polar surface area (TPSA) is 92.5 Å². The van der Waals surface area contributed by atoms with Gasteiger partial charge in [-0.1, -0.05) is 18.5 Å². The number of nitrogens with zero attached hydrogens (tertiary/aromatic N) is 1. The first-order chi connectivity index (χ1) is 9.31. The predicted molar refractivity (Wildman–Crippen MR) is 75.9 cm³/mol. The highest BCUT2D eigenvalue weighted by Crippen LogP contribution is 2.23. The van der Waals surface area contributed by atoms with Crippen molar-refractivity contribution < 1.29 is 14.8 Å². The van der Waals surface area contributed by atoms with Gasteiger partial charge >= 0.3 is 0 Å². The van der Waals surface area contributed by atoms with E-state index in [-0.39, 0.29) is 22.2 Å². The van der Waals surface area contributed by atoms with E-state index in [4.69, 9.17) is 11.6 Å². The Bertz CT molecular complexity index is 505. The zero-order chi connectivity index (χ0) is 15.3. The summed E-state index contributed by atoms with van der Waals surface area (Å²) in [5.74, 6) is -0.448. The van der Waals surface area contributed by atoms with Crippen molar-refractivity contribution in [3.05, 3.63) is 38.9 Å². The number of nitrogens with one attached hydrogen (secondary N) is 1. The molecule has 1 rings (SSSR count). The summed E-state index contributed by atoms with van der Waals surface area (Å²) in [4.78, 5) is 22.2. The lowest BCUT2D eigenvalue weighted by Gasteiger charge is -2.14. The van der Waals surface area contributed by atoms with Crippen LogP contribution in [0.25, 0.3) is 0 Å². The molecule has 20 heavy (non-hydrogen) atoms. The highest BCUT2D eigenvalue weighted by molar-refractivity contribution is 6.31. The third-order valence-electron chi connectivity index (χ3n) is 2.76. The van der Waals surface area contributed by atoms with E-state index in [1.54, 1.807) is 6.92 Å². The quantitative estimate of drug-likeness (QED) is 0.623. The lowest BCUT2D eigenvalue weighted by Crippen LogP contribution is -2.30. The minimum Gasteiger partial charge on any atom is -0.393 e. The van der Waals surface area contributed by atoms with Gasteiger partial charge in [0.2, 0.25) is 0 Å². The summed E-state index contributed by atoms with van der Waals surface area (Å²) in [5, 5.41) is 23.0. The zero-order valence-electron chi connectivity index (χ0n) is 11.3. The maximum absolute atomic E-state index is 12.0. The Labute approximate surface area is 121 Å². The smallest absolute Gasteiger partial charge is 0.283 e. The Morgan fingerprint density at radius 3 is 2.70 bits per heavy atom. The van der Waals surface area contributed by atoms with Crippen molar-refractivity contribution in [2.75, 3.05) is 6.54 Å². The van der Waals surface area contributed by atoms with E-state index >= 15 is 0 Å². The van der Waals surface area contributed by atoms with Crippen LogP contribution in [-0.2, 0) is 0 Å². The van der Waals surface area contributed by atoms with Gasteiger partial charge in [0.05, 0.1) is 11.0 Å². The first-order valence-corrected chi connectivity index (χ1v) is 6.59. The molecule has 0 saturated carbocycles. The van der Waals surface area contributed by atoms with Crippen LogP contribution >= 0.6 is 11.6 Å². The third kappa shape index (κ3) is 4.79. The van der Waals surface area contributed by atoms with E-state index < -0.39 is 16.9 Å². The molecule has 2 N–H and O–H groups in total. The summed E-state index contributed by atoms with van der Waals surface area (Å²) >= 11 is 5.69. The second kappa shape index (κ2) is 7.21. The van der Waals surface area contributed by atoms with Gasteiger partial charge in [-0.05, 0) is 31.4 Å². The van der Waals surface area contributed by atoms with Crippen LogP contribution in [0.2, 0.25) is 5.02 Å². The summed E-state index contributed by atoms with van der Waals surface area (Å²) in [6.45, 7) is 3.88. The zero-order valence-corrected chi connectivity index (χ0v) is 12.1. The molecule has 0 fully saturated rings. The van der Waals surface area contributed by atoms with E-state index in [9.17, 15) is 20.0 Å². The molecule has 0 aliphatic carbocycles. The fraction of sp³-hybridized carbons (Fsp3) is 0.462. The highest BCUT2D eigenvalue weighted by Gasteiger charge is 2.20. The van der Waals surface area contributed by atoms with Crippen LogP contribution < -0.4 is 5.32 Å². The van der Waals surface area contributed by atoms with E-state index in [0.29, 0.717) is 13.0 Å². The van der Waals surface area contributed by atoms with Gasteiger partial charge in [0.25, 0.3) is 11.6 Å². The van der Waals surface area contributed by atoms with E-state index in [2.05, 4.69) is 5.32 Å². The highest BCUT2D eigenvalue weighted by atomic mass is 35.5. The van der Waals surface area contributed by atoms with Crippen LogP contribution in [0.3, 0.4) is 0 Å². The number of nitro groups is 1. The molecule has 0 saturated heterocycles. The molecule has 0 bridgehead atoms. The summed E-state index contributed by atoms with van der Waals surface area (Å²) < 4.78 is 0. The molecule has 0 heterocycles. The number of aliphatic hydroxyl groups is 1. The average molecular weight is 301 g/mol. The summed E-state index contributed by atoms with van der Waals surface area (Å²) in [5.41, 5.74) is -0.346. The van der Waals surface area contributed by atoms with Gasteiger partial charge in [0, 0.05) is 17.6 Å². The molecule has 0 radical (unpaired) electrons. The van der Waals surface area contributed by atoms with E-state index in [0.717, 1.165) is 6.07 Å². The second-order valence-electron chi connectivity index (χ2n) is 4.82. The molecule has 1 aromatic rings. The number of carbonyl (C=O) groups is 1. The number of hydrogen-bond donors (Lipinski definition) is 2. The molecule has 0 aliphatic heterocycles. The Morgan fingerprint density at radius 2 is 2.15 bits per heavy atom. The Hall–Kier alpha value is -1.66. The van der Waals surface area contributed by atoms with Gasteiger partial charge in [0.1, 0.15) is 5.56 Å². The Morgan fingerprint density at radius 1 is 1.50 bits per heavy atom. The van der Waals surface area contributed by atoms with Crippen LogP contribution in [0.15, 0.2) is 18.2 Å². The third-order valence-corrected chi connectivity index (χ3v) is 2.99. The monoisotopic (exact) mass is 300 g/mol. The minimum atomic E-state index is -0.639. The molecule has 1 amide bonds. The Balaban J connectivity index is 2.75. The first kappa shape index (κ1) is 16.4. The number of aliphatic hydroxyl groups excluding tert-OH is 1. The molecular formula is C13H17ClN2O4. The van der Waals surface area contributed by atoms with Gasteiger partial charge < -0.3 is 10.4 Å². The lowest BCUT2D eigenvalue weighted by molar-refractivity contribution is -0.385. The average Bonchev–Trinajstić information content (AvgIpc) is 2.35. The number of carbonyl (C=O) groups excluding carboxylic acids is 1. The summed E-state index contributed by atoms with van der Waals surface area (Å²) in [6, 6.07) is 3.91. The summed E-state index contributed by atoms with van der Waals surface area (Å²) in [6.07, 6.45) is 0.0926. The Kier molecular flexibility index (Phi) is 5.91. The lowest BCUT2D eigenvalue weighted by atomic mass is 10.0. The van der Waals surface area contributed by atoms with Crippen LogP contribution in [0, 0.1) is 16.0 Å². The number of rotatable bonds is 6. The van der Waals surface area contributed by atoms with Gasteiger partial charge in [-0.25, -0.2) is 0 Å². The SMILES string of the molecule is CC(O)CC(C)CNC(=O)c1ccc(Cl)cc1[N+](=O)[O-].